The SMILES string of the molecule is Cc1ncc(CO)c(C2CCN(C(=O)CCc3conc3-c3ccccc3F)CC2)n1. The molecule has 8 heteroatoms. The number of aliphatic hydroxyl groups is 1. The minimum atomic E-state index is -0.367. The summed E-state index contributed by atoms with van der Waals surface area (Å²) >= 11 is 0. The molecular weight excluding hydrogens is 399 g/mol. The van der Waals surface area contributed by atoms with Crippen LogP contribution in [0.4, 0.5) is 4.39 Å². The summed E-state index contributed by atoms with van der Waals surface area (Å²) in [5.41, 5.74) is 3.18. The van der Waals surface area contributed by atoms with Crippen LogP contribution < -0.4 is 0 Å². The van der Waals surface area contributed by atoms with E-state index in [9.17, 15) is 14.3 Å². The Morgan fingerprint density at radius 2 is 2.03 bits per heavy atom. The molecular formula is C23H25FN4O3. The highest BCUT2D eigenvalue weighted by Gasteiger charge is 2.26. The second kappa shape index (κ2) is 9.34. The van der Waals surface area contributed by atoms with Gasteiger partial charge in [-0.1, -0.05) is 17.3 Å². The molecule has 1 aliphatic rings. The molecule has 2 aromatic heterocycles. The fourth-order valence-corrected chi connectivity index (χ4v) is 4.10. The van der Waals surface area contributed by atoms with Crippen molar-refractivity contribution in [3.8, 4) is 11.3 Å². The molecule has 31 heavy (non-hydrogen) atoms. The van der Waals surface area contributed by atoms with Crippen LogP contribution in [0, 0.1) is 12.7 Å². The quantitative estimate of drug-likeness (QED) is 0.652. The van der Waals surface area contributed by atoms with E-state index in [1.165, 1.54) is 12.3 Å². The van der Waals surface area contributed by atoms with Gasteiger partial charge < -0.3 is 14.5 Å². The van der Waals surface area contributed by atoms with Gasteiger partial charge in [-0.3, -0.25) is 4.79 Å². The van der Waals surface area contributed by atoms with Gasteiger partial charge in [-0.25, -0.2) is 14.4 Å². The monoisotopic (exact) mass is 424 g/mol. The van der Waals surface area contributed by atoms with Crippen molar-refractivity contribution in [2.75, 3.05) is 13.1 Å². The molecule has 3 heterocycles. The van der Waals surface area contributed by atoms with E-state index >= 15 is 0 Å². The molecule has 0 aliphatic carbocycles. The minimum absolute atomic E-state index is 0.0559. The van der Waals surface area contributed by atoms with Crippen molar-refractivity contribution >= 4 is 5.91 Å². The van der Waals surface area contributed by atoms with Crippen molar-refractivity contribution in [1.29, 1.82) is 0 Å². The van der Waals surface area contributed by atoms with Gasteiger partial charge in [0.1, 0.15) is 23.6 Å². The summed E-state index contributed by atoms with van der Waals surface area (Å²) < 4.78 is 19.1. The molecule has 3 aromatic rings. The third kappa shape index (κ3) is 4.64. The Labute approximate surface area is 179 Å². The number of hydrogen-bond acceptors (Lipinski definition) is 6. The number of aromatic nitrogens is 3. The van der Waals surface area contributed by atoms with Gasteiger partial charge >= 0.3 is 0 Å². The second-order valence-electron chi connectivity index (χ2n) is 7.81. The summed E-state index contributed by atoms with van der Waals surface area (Å²) in [6, 6.07) is 6.40. The normalized spacial score (nSPS) is 14.7. The molecule has 0 atom stereocenters. The fourth-order valence-electron chi connectivity index (χ4n) is 4.10. The summed E-state index contributed by atoms with van der Waals surface area (Å²) in [6.07, 6.45) is 5.50. The number of aliphatic hydroxyl groups excluding tert-OH is 1. The lowest BCUT2D eigenvalue weighted by Crippen LogP contribution is -2.38. The topological polar surface area (TPSA) is 92.4 Å². The minimum Gasteiger partial charge on any atom is -0.392 e. The standard InChI is InChI=1S/C23H25FN4O3/c1-15-25-12-18(13-29)22(26-15)16-8-10-28(11-9-16)21(30)7-6-17-14-31-27-23(17)19-4-2-3-5-20(19)24/h2-5,12,14,16,29H,6-11,13H2,1H3. The van der Waals surface area contributed by atoms with E-state index < -0.39 is 0 Å². The highest BCUT2D eigenvalue weighted by molar-refractivity contribution is 5.77. The predicted molar refractivity (Wildman–Crippen MR) is 111 cm³/mol. The van der Waals surface area contributed by atoms with Crippen LogP contribution >= 0.6 is 0 Å². The van der Waals surface area contributed by atoms with E-state index in [4.69, 9.17) is 4.52 Å². The highest BCUT2D eigenvalue weighted by atomic mass is 19.1. The number of piperidine rings is 1. The van der Waals surface area contributed by atoms with E-state index in [0.29, 0.717) is 43.0 Å². The number of nitrogens with zero attached hydrogens (tertiary/aromatic N) is 4. The Bertz CT molecular complexity index is 1060. The maximum Gasteiger partial charge on any atom is 0.222 e. The Kier molecular flexibility index (Phi) is 6.36. The van der Waals surface area contributed by atoms with Crippen LogP contribution in [0.15, 0.2) is 41.2 Å². The maximum absolute atomic E-state index is 14.1. The molecule has 0 radical (unpaired) electrons. The van der Waals surface area contributed by atoms with Crippen LogP contribution in [-0.4, -0.2) is 44.1 Å². The number of benzene rings is 1. The molecule has 0 bridgehead atoms. The molecule has 1 aromatic carbocycles. The van der Waals surface area contributed by atoms with E-state index in [0.717, 1.165) is 29.7 Å². The van der Waals surface area contributed by atoms with Crippen molar-refractivity contribution in [3.63, 3.8) is 0 Å². The molecule has 4 rings (SSSR count). The molecule has 1 saturated heterocycles. The first-order valence-electron chi connectivity index (χ1n) is 10.5. The average molecular weight is 424 g/mol. The number of halogens is 1. The number of aryl methyl sites for hydroxylation is 2. The van der Waals surface area contributed by atoms with Gasteiger partial charge in [-0.15, -0.1) is 0 Å². The summed E-state index contributed by atoms with van der Waals surface area (Å²) in [5, 5.41) is 13.5. The number of hydrogen-bond donors (Lipinski definition) is 1. The number of carbonyl (C=O) groups is 1. The third-order valence-electron chi connectivity index (χ3n) is 5.80. The second-order valence-corrected chi connectivity index (χ2v) is 7.81. The molecule has 162 valence electrons. The van der Waals surface area contributed by atoms with E-state index in [1.807, 2.05) is 11.8 Å². The molecule has 1 N–H and O–H groups in total. The molecule has 0 spiro atoms. The smallest absolute Gasteiger partial charge is 0.222 e. The lowest BCUT2D eigenvalue weighted by atomic mass is 9.90. The first-order valence-corrected chi connectivity index (χ1v) is 10.5. The van der Waals surface area contributed by atoms with Crippen LogP contribution in [0.5, 0.6) is 0 Å². The predicted octanol–water partition coefficient (Wildman–Crippen LogP) is 3.41. The molecule has 0 saturated carbocycles. The van der Waals surface area contributed by atoms with Gasteiger partial charge in [-0.05, 0) is 38.3 Å². The van der Waals surface area contributed by atoms with Crippen LogP contribution in [0.1, 0.15) is 47.8 Å². The Morgan fingerprint density at radius 3 is 2.77 bits per heavy atom. The first-order chi connectivity index (χ1) is 15.1. The van der Waals surface area contributed by atoms with Gasteiger partial charge in [0.2, 0.25) is 5.91 Å². The highest BCUT2D eigenvalue weighted by Crippen LogP contribution is 2.30. The Morgan fingerprint density at radius 1 is 1.26 bits per heavy atom. The zero-order valence-electron chi connectivity index (χ0n) is 17.4. The number of amides is 1. The van der Waals surface area contributed by atoms with Gasteiger partial charge in [0.25, 0.3) is 0 Å². The van der Waals surface area contributed by atoms with Gasteiger partial charge in [0.15, 0.2) is 0 Å². The van der Waals surface area contributed by atoms with Crippen LogP contribution in [0.25, 0.3) is 11.3 Å². The van der Waals surface area contributed by atoms with Crippen LogP contribution in [0.2, 0.25) is 0 Å². The summed E-state index contributed by atoms with van der Waals surface area (Å²) in [5.74, 6) is 0.581. The lowest BCUT2D eigenvalue weighted by Gasteiger charge is -2.32. The molecule has 1 aliphatic heterocycles. The van der Waals surface area contributed by atoms with Gasteiger partial charge in [0.05, 0.1) is 12.3 Å². The number of rotatable bonds is 6. The third-order valence-corrected chi connectivity index (χ3v) is 5.80. The Hall–Kier alpha value is -3.13. The largest absolute Gasteiger partial charge is 0.392 e. The summed E-state index contributed by atoms with van der Waals surface area (Å²) in [4.78, 5) is 23.3. The van der Waals surface area contributed by atoms with E-state index in [-0.39, 0.29) is 24.2 Å². The fraction of sp³-hybridized carbons (Fsp3) is 0.391. The van der Waals surface area contributed by atoms with Crippen LogP contribution in [0.3, 0.4) is 0 Å². The zero-order valence-corrected chi connectivity index (χ0v) is 17.4. The van der Waals surface area contributed by atoms with Gasteiger partial charge in [-0.2, -0.15) is 0 Å². The average Bonchev–Trinajstić information content (AvgIpc) is 3.26. The van der Waals surface area contributed by atoms with Gasteiger partial charge in [0, 0.05) is 48.3 Å². The molecule has 1 fully saturated rings. The van der Waals surface area contributed by atoms with Crippen molar-refractivity contribution in [3.05, 3.63) is 65.2 Å². The summed E-state index contributed by atoms with van der Waals surface area (Å²) in [7, 11) is 0. The van der Waals surface area contributed by atoms with E-state index in [2.05, 4.69) is 15.1 Å². The van der Waals surface area contributed by atoms with Crippen LogP contribution in [-0.2, 0) is 17.8 Å². The van der Waals surface area contributed by atoms with E-state index in [1.54, 1.807) is 24.4 Å². The van der Waals surface area contributed by atoms with Crippen molar-refractivity contribution in [2.45, 2.75) is 45.1 Å². The lowest BCUT2D eigenvalue weighted by molar-refractivity contribution is -0.132. The van der Waals surface area contributed by atoms with Crippen molar-refractivity contribution in [1.82, 2.24) is 20.0 Å². The first kappa shape index (κ1) is 21.1. The Balaban J connectivity index is 1.35. The molecule has 7 nitrogen and oxygen atoms in total. The zero-order chi connectivity index (χ0) is 21.8. The van der Waals surface area contributed by atoms with Crippen molar-refractivity contribution < 1.29 is 18.8 Å². The molecule has 0 unspecified atom stereocenters. The maximum atomic E-state index is 14.1. The summed E-state index contributed by atoms with van der Waals surface area (Å²) in [6.45, 7) is 3.03. The molecule has 1 amide bonds. The number of likely N-dealkylation sites (tertiary alicyclic amines) is 1. The van der Waals surface area contributed by atoms with Crippen molar-refractivity contribution in [2.24, 2.45) is 0 Å². The number of carbonyl (C=O) groups excluding carboxylic acids is 1.